The highest BCUT2D eigenvalue weighted by atomic mass is 15.1. The summed E-state index contributed by atoms with van der Waals surface area (Å²) in [4.78, 5) is 2.48. The van der Waals surface area contributed by atoms with E-state index in [0.717, 1.165) is 17.8 Å². The molecular weight excluding hydrogens is 725 g/mol. The molecule has 1 atom stereocenters. The van der Waals surface area contributed by atoms with Crippen LogP contribution in [-0.4, -0.2) is 4.57 Å². The van der Waals surface area contributed by atoms with Gasteiger partial charge >= 0.3 is 0 Å². The number of hydrogen-bond acceptors (Lipinski definition) is 1. The van der Waals surface area contributed by atoms with Gasteiger partial charge in [-0.25, -0.2) is 0 Å². The van der Waals surface area contributed by atoms with Crippen molar-refractivity contribution in [1.29, 1.82) is 0 Å². The van der Waals surface area contributed by atoms with Gasteiger partial charge in [-0.2, -0.15) is 0 Å². The largest absolute Gasteiger partial charge is 0.310 e. The molecule has 0 saturated heterocycles. The summed E-state index contributed by atoms with van der Waals surface area (Å²) in [6.45, 7) is 0. The Bertz CT molecular complexity index is 3190. The van der Waals surface area contributed by atoms with Crippen molar-refractivity contribution in [2.45, 2.75) is 12.3 Å². The van der Waals surface area contributed by atoms with Crippen molar-refractivity contribution in [3.8, 4) is 39.1 Å². The Labute approximate surface area is 351 Å². The van der Waals surface area contributed by atoms with Crippen LogP contribution in [0.4, 0.5) is 17.1 Å². The SMILES string of the molecule is C1=CCC(c2cc(-c3ccccc3-n3c4ccccc4c4ccccc43)ccc2N(c2ccc(-c3ccc4ccccc4c3)cc2)c2ccccc2-c2ccccc2)C=C1. The predicted molar refractivity (Wildman–Crippen MR) is 255 cm³/mol. The Hall–Kier alpha value is -7.68. The van der Waals surface area contributed by atoms with Gasteiger partial charge in [0, 0.05) is 39.2 Å². The summed E-state index contributed by atoms with van der Waals surface area (Å²) in [6, 6.07) is 77.6. The first-order chi connectivity index (χ1) is 29.8. The van der Waals surface area contributed by atoms with Crippen LogP contribution in [0.2, 0.25) is 0 Å². The maximum absolute atomic E-state index is 2.48. The second kappa shape index (κ2) is 15.2. The first kappa shape index (κ1) is 35.5. The second-order valence-electron chi connectivity index (χ2n) is 15.6. The first-order valence-electron chi connectivity index (χ1n) is 20.9. The number of para-hydroxylation sites is 4. The lowest BCUT2D eigenvalue weighted by atomic mass is 9.87. The van der Waals surface area contributed by atoms with Crippen molar-refractivity contribution in [1.82, 2.24) is 4.57 Å². The van der Waals surface area contributed by atoms with Crippen LogP contribution in [0.5, 0.6) is 0 Å². The van der Waals surface area contributed by atoms with Gasteiger partial charge in [0.2, 0.25) is 0 Å². The van der Waals surface area contributed by atoms with Crippen LogP contribution in [0.3, 0.4) is 0 Å². The molecule has 0 radical (unpaired) electrons. The zero-order chi connectivity index (χ0) is 39.8. The highest BCUT2D eigenvalue weighted by Gasteiger charge is 2.25. The average molecular weight is 767 g/mol. The van der Waals surface area contributed by atoms with Gasteiger partial charge < -0.3 is 9.47 Å². The minimum atomic E-state index is 0.189. The minimum Gasteiger partial charge on any atom is -0.310 e. The van der Waals surface area contributed by atoms with Crippen molar-refractivity contribution in [2.75, 3.05) is 4.90 Å². The molecule has 0 amide bonds. The topological polar surface area (TPSA) is 8.17 Å². The molecule has 9 aromatic carbocycles. The molecule has 11 rings (SSSR count). The molecule has 1 unspecified atom stereocenters. The van der Waals surface area contributed by atoms with E-state index >= 15 is 0 Å². The summed E-state index contributed by atoms with van der Waals surface area (Å²) < 4.78 is 2.44. The smallest absolute Gasteiger partial charge is 0.0541 e. The highest BCUT2D eigenvalue weighted by Crippen LogP contribution is 2.47. The van der Waals surface area contributed by atoms with E-state index in [1.807, 2.05) is 0 Å². The van der Waals surface area contributed by atoms with E-state index < -0.39 is 0 Å². The quantitative estimate of drug-likeness (QED) is 0.150. The summed E-state index contributed by atoms with van der Waals surface area (Å²) >= 11 is 0. The summed E-state index contributed by atoms with van der Waals surface area (Å²) in [7, 11) is 0. The normalized spacial score (nSPS) is 13.6. The van der Waals surface area contributed by atoms with Gasteiger partial charge in [-0.1, -0.05) is 182 Å². The lowest BCUT2D eigenvalue weighted by Crippen LogP contribution is -2.15. The molecule has 284 valence electrons. The van der Waals surface area contributed by atoms with Crippen molar-refractivity contribution in [3.63, 3.8) is 0 Å². The maximum Gasteiger partial charge on any atom is 0.0541 e. The summed E-state index contributed by atoms with van der Waals surface area (Å²) in [5, 5.41) is 5.02. The fraction of sp³-hybridized carbons (Fsp3) is 0.0345. The van der Waals surface area contributed by atoms with Crippen LogP contribution in [0, 0.1) is 0 Å². The summed E-state index contributed by atoms with van der Waals surface area (Å²) in [6.07, 6.45) is 9.97. The van der Waals surface area contributed by atoms with Gasteiger partial charge in [0.25, 0.3) is 0 Å². The molecule has 10 aromatic rings. The molecule has 0 N–H and O–H groups in total. The molecular formula is C58H42N2. The number of anilines is 3. The van der Waals surface area contributed by atoms with E-state index in [-0.39, 0.29) is 5.92 Å². The van der Waals surface area contributed by atoms with Gasteiger partial charge in [-0.15, -0.1) is 0 Å². The molecule has 1 aromatic heterocycles. The number of benzene rings is 9. The van der Waals surface area contributed by atoms with Crippen molar-refractivity contribution >= 4 is 49.6 Å². The van der Waals surface area contributed by atoms with Gasteiger partial charge in [0.05, 0.1) is 22.4 Å². The molecule has 1 aliphatic carbocycles. The molecule has 0 spiro atoms. The fourth-order valence-corrected chi connectivity index (χ4v) is 9.24. The number of allylic oxidation sites excluding steroid dienone is 4. The lowest BCUT2D eigenvalue weighted by molar-refractivity contribution is 0.852. The third-order valence-corrected chi connectivity index (χ3v) is 12.1. The van der Waals surface area contributed by atoms with Gasteiger partial charge in [-0.05, 0) is 99.6 Å². The summed E-state index contributed by atoms with van der Waals surface area (Å²) in [5.41, 5.74) is 15.4. The van der Waals surface area contributed by atoms with E-state index in [1.54, 1.807) is 0 Å². The molecule has 0 aliphatic heterocycles. The zero-order valence-corrected chi connectivity index (χ0v) is 33.2. The zero-order valence-electron chi connectivity index (χ0n) is 33.2. The molecule has 1 heterocycles. The number of fused-ring (bicyclic) bond motifs is 4. The molecule has 0 fully saturated rings. The number of aromatic nitrogens is 1. The van der Waals surface area contributed by atoms with E-state index in [9.17, 15) is 0 Å². The van der Waals surface area contributed by atoms with E-state index in [1.165, 1.54) is 82.9 Å². The van der Waals surface area contributed by atoms with E-state index in [2.05, 4.69) is 246 Å². The van der Waals surface area contributed by atoms with Gasteiger partial charge in [-0.3, -0.25) is 0 Å². The van der Waals surface area contributed by atoms with Crippen LogP contribution in [-0.2, 0) is 0 Å². The highest BCUT2D eigenvalue weighted by molar-refractivity contribution is 6.09. The molecule has 2 heteroatoms. The van der Waals surface area contributed by atoms with Crippen LogP contribution in [0.15, 0.2) is 237 Å². The number of hydrogen-bond donors (Lipinski definition) is 0. The van der Waals surface area contributed by atoms with Crippen LogP contribution < -0.4 is 4.90 Å². The van der Waals surface area contributed by atoms with Crippen molar-refractivity contribution < 1.29 is 0 Å². The standard InChI is InChI=1S/C58H42N2/c1-3-18-43(19-4-1)49-23-9-13-27-54(49)59(48-36-33-42(34-37-48)46-32-31-41-17-7-8-22-45(41)39-46)58-38-35-47(40-53(58)44-20-5-2-6-21-44)50-24-10-14-28-55(50)60-56-29-15-11-25-51(56)52-26-12-16-30-57(52)60/h1-20,22-40,44H,21H2. The Morgan fingerprint density at radius 1 is 0.417 bits per heavy atom. The van der Waals surface area contributed by atoms with Crippen molar-refractivity contribution in [3.05, 3.63) is 242 Å². The third-order valence-electron chi connectivity index (χ3n) is 12.1. The fourth-order valence-electron chi connectivity index (χ4n) is 9.24. The number of rotatable bonds is 8. The second-order valence-corrected chi connectivity index (χ2v) is 15.6. The maximum atomic E-state index is 2.48. The molecule has 2 nitrogen and oxygen atoms in total. The Morgan fingerprint density at radius 3 is 1.82 bits per heavy atom. The van der Waals surface area contributed by atoms with Crippen molar-refractivity contribution in [2.24, 2.45) is 0 Å². The van der Waals surface area contributed by atoms with E-state index in [0.29, 0.717) is 0 Å². The van der Waals surface area contributed by atoms with Crippen LogP contribution in [0.25, 0.3) is 71.6 Å². The number of nitrogens with zero attached hydrogens (tertiary/aromatic N) is 2. The minimum absolute atomic E-state index is 0.189. The van der Waals surface area contributed by atoms with E-state index in [4.69, 9.17) is 0 Å². The Kier molecular flexibility index (Phi) is 9.02. The Balaban J connectivity index is 1.11. The molecule has 60 heavy (non-hydrogen) atoms. The Morgan fingerprint density at radius 2 is 1.05 bits per heavy atom. The van der Waals surface area contributed by atoms with Crippen LogP contribution in [0.1, 0.15) is 17.9 Å². The van der Waals surface area contributed by atoms with Gasteiger partial charge in [0.1, 0.15) is 0 Å². The molecule has 1 aliphatic rings. The lowest BCUT2D eigenvalue weighted by Gasteiger charge is -2.32. The molecule has 0 bridgehead atoms. The predicted octanol–water partition coefficient (Wildman–Crippen LogP) is 16.0. The van der Waals surface area contributed by atoms with Crippen LogP contribution >= 0.6 is 0 Å². The molecule has 0 saturated carbocycles. The summed E-state index contributed by atoms with van der Waals surface area (Å²) in [5.74, 6) is 0.189. The first-order valence-corrected chi connectivity index (χ1v) is 20.9. The monoisotopic (exact) mass is 766 g/mol. The third kappa shape index (κ3) is 6.31. The van der Waals surface area contributed by atoms with Gasteiger partial charge in [0.15, 0.2) is 0 Å². The average Bonchev–Trinajstić information content (AvgIpc) is 3.67.